The molecule has 2 aliphatic carbocycles. The van der Waals surface area contributed by atoms with Gasteiger partial charge in [-0.05, 0) is 25.0 Å². The fourth-order valence-electron chi connectivity index (χ4n) is 3.68. The molecule has 6 nitrogen and oxygen atoms in total. The molecule has 2 aliphatic rings. The molecule has 0 unspecified atom stereocenters. The van der Waals surface area contributed by atoms with Gasteiger partial charge in [0.1, 0.15) is 6.10 Å². The third-order valence-electron chi connectivity index (χ3n) is 4.89. The maximum atomic E-state index is 12.6. The number of ether oxygens (including phenoxy) is 3. The highest BCUT2D eigenvalue weighted by Crippen LogP contribution is 2.53. The van der Waals surface area contributed by atoms with Crippen LogP contribution in [0.1, 0.15) is 26.7 Å². The molecule has 0 aromatic heterocycles. The van der Waals surface area contributed by atoms with E-state index in [1.54, 1.807) is 19.1 Å². The third kappa shape index (κ3) is 3.13. The lowest BCUT2D eigenvalue weighted by atomic mass is 9.69. The summed E-state index contributed by atoms with van der Waals surface area (Å²) in [6.07, 6.45) is 5.36. The fourth-order valence-corrected chi connectivity index (χ4v) is 3.68. The van der Waals surface area contributed by atoms with E-state index >= 15 is 0 Å². The van der Waals surface area contributed by atoms with E-state index in [9.17, 15) is 14.4 Å². The van der Waals surface area contributed by atoms with E-state index in [0.717, 1.165) is 11.1 Å². The summed E-state index contributed by atoms with van der Waals surface area (Å²) < 4.78 is 15.2. The standard InChI is InChI=1S/C19H24O6/c1-6-16(20)25-12-7-8-13-14(11(2)3)10-19(15(13)9-12,17(21)23-4)18(22)24-5/h7-8,10,12-13,15H,2,6,9H2,1,3-5H3/t12-,13+,15+/m0/s1. The van der Waals surface area contributed by atoms with E-state index in [1.165, 1.54) is 14.2 Å². The number of carbonyl (C=O) groups excluding carboxylic acids is 3. The highest BCUT2D eigenvalue weighted by atomic mass is 16.6. The molecule has 136 valence electrons. The second-order valence-electron chi connectivity index (χ2n) is 6.37. The number of fused-ring (bicyclic) bond motifs is 1. The first-order chi connectivity index (χ1) is 11.8. The zero-order valence-electron chi connectivity index (χ0n) is 15.0. The Kier molecular flexibility index (Phi) is 5.50. The number of allylic oxidation sites excluding steroid dienone is 3. The molecule has 2 rings (SSSR count). The van der Waals surface area contributed by atoms with Gasteiger partial charge in [0.15, 0.2) is 5.41 Å². The molecule has 0 aromatic carbocycles. The summed E-state index contributed by atoms with van der Waals surface area (Å²) in [6.45, 7) is 7.49. The lowest BCUT2D eigenvalue weighted by Gasteiger charge is -2.36. The molecule has 0 radical (unpaired) electrons. The molecule has 0 bridgehead atoms. The van der Waals surface area contributed by atoms with Gasteiger partial charge in [-0.3, -0.25) is 14.4 Å². The van der Waals surface area contributed by atoms with Gasteiger partial charge in [-0.15, -0.1) is 0 Å². The monoisotopic (exact) mass is 348 g/mol. The van der Waals surface area contributed by atoms with Gasteiger partial charge in [-0.25, -0.2) is 0 Å². The summed E-state index contributed by atoms with van der Waals surface area (Å²) in [4.78, 5) is 36.9. The van der Waals surface area contributed by atoms with Crippen molar-refractivity contribution in [3.63, 3.8) is 0 Å². The van der Waals surface area contributed by atoms with E-state index in [2.05, 4.69) is 6.58 Å². The van der Waals surface area contributed by atoms with Crippen LogP contribution in [0.5, 0.6) is 0 Å². The number of esters is 3. The highest BCUT2D eigenvalue weighted by molar-refractivity contribution is 6.04. The van der Waals surface area contributed by atoms with Crippen molar-refractivity contribution in [3.05, 3.63) is 36.0 Å². The van der Waals surface area contributed by atoms with Crippen LogP contribution in [0.15, 0.2) is 36.0 Å². The Morgan fingerprint density at radius 2 is 1.80 bits per heavy atom. The minimum Gasteiger partial charge on any atom is -0.468 e. The lowest BCUT2D eigenvalue weighted by Crippen LogP contribution is -2.47. The quantitative estimate of drug-likeness (QED) is 0.328. The molecule has 25 heavy (non-hydrogen) atoms. The molecular weight excluding hydrogens is 324 g/mol. The van der Waals surface area contributed by atoms with E-state index in [0.29, 0.717) is 6.42 Å². The molecule has 0 amide bonds. The lowest BCUT2D eigenvalue weighted by molar-refractivity contribution is -0.170. The van der Waals surface area contributed by atoms with Gasteiger partial charge in [-0.1, -0.05) is 31.2 Å². The fraction of sp³-hybridized carbons (Fsp3) is 0.526. The van der Waals surface area contributed by atoms with Crippen LogP contribution in [0.25, 0.3) is 0 Å². The van der Waals surface area contributed by atoms with Gasteiger partial charge in [0.25, 0.3) is 0 Å². The van der Waals surface area contributed by atoms with Crippen LogP contribution in [0.3, 0.4) is 0 Å². The van der Waals surface area contributed by atoms with Gasteiger partial charge < -0.3 is 14.2 Å². The second-order valence-corrected chi connectivity index (χ2v) is 6.37. The molecule has 0 fully saturated rings. The van der Waals surface area contributed by atoms with Gasteiger partial charge in [0.05, 0.1) is 14.2 Å². The average molecular weight is 348 g/mol. The van der Waals surface area contributed by atoms with Gasteiger partial charge in [-0.2, -0.15) is 0 Å². The molecule has 0 N–H and O–H groups in total. The SMILES string of the molecule is C=C(C)C1=CC(C(=O)OC)(C(=O)OC)[C@@H]2C[C@@H](OC(=O)CC)C=C[C@H]12. The Morgan fingerprint density at radius 1 is 1.20 bits per heavy atom. The van der Waals surface area contributed by atoms with Crippen LogP contribution in [-0.2, 0) is 28.6 Å². The first kappa shape index (κ1) is 19.0. The van der Waals surface area contributed by atoms with Crippen LogP contribution in [0.2, 0.25) is 0 Å². The Balaban J connectivity index is 2.50. The Morgan fingerprint density at radius 3 is 2.28 bits per heavy atom. The van der Waals surface area contributed by atoms with E-state index < -0.39 is 29.4 Å². The molecule has 6 heteroatoms. The van der Waals surface area contributed by atoms with Gasteiger partial charge in [0.2, 0.25) is 0 Å². The van der Waals surface area contributed by atoms with Crippen molar-refractivity contribution in [1.29, 1.82) is 0 Å². The van der Waals surface area contributed by atoms with Crippen LogP contribution in [0, 0.1) is 17.3 Å². The second kappa shape index (κ2) is 7.25. The van der Waals surface area contributed by atoms with Crippen molar-refractivity contribution >= 4 is 17.9 Å². The van der Waals surface area contributed by atoms with Crippen LogP contribution >= 0.6 is 0 Å². The summed E-state index contributed by atoms with van der Waals surface area (Å²) in [5.74, 6) is -2.34. The molecule has 0 heterocycles. The number of hydrogen-bond donors (Lipinski definition) is 0. The number of methoxy groups -OCH3 is 2. The van der Waals surface area contributed by atoms with Crippen LogP contribution in [0.4, 0.5) is 0 Å². The Labute approximate surface area is 147 Å². The minimum absolute atomic E-state index is 0.188. The minimum atomic E-state index is -1.57. The normalized spacial score (nSPS) is 26.2. The molecule has 0 spiro atoms. The van der Waals surface area contributed by atoms with Crippen molar-refractivity contribution in [2.75, 3.05) is 14.2 Å². The largest absolute Gasteiger partial charge is 0.468 e. The van der Waals surface area contributed by atoms with Crippen molar-refractivity contribution in [3.8, 4) is 0 Å². The first-order valence-electron chi connectivity index (χ1n) is 8.25. The number of carbonyl (C=O) groups is 3. The molecule has 0 saturated heterocycles. The summed E-state index contributed by atoms with van der Waals surface area (Å²) in [7, 11) is 2.48. The van der Waals surface area contributed by atoms with Crippen LogP contribution in [-0.4, -0.2) is 38.2 Å². The Bertz CT molecular complexity index is 641. The predicted octanol–water partition coefficient (Wildman–Crippen LogP) is 2.35. The summed E-state index contributed by atoms with van der Waals surface area (Å²) in [5, 5.41) is 0. The topological polar surface area (TPSA) is 78.9 Å². The molecule has 3 atom stereocenters. The van der Waals surface area contributed by atoms with E-state index in [-0.39, 0.29) is 18.3 Å². The van der Waals surface area contributed by atoms with E-state index in [4.69, 9.17) is 14.2 Å². The van der Waals surface area contributed by atoms with E-state index in [1.807, 2.05) is 13.0 Å². The van der Waals surface area contributed by atoms with Crippen molar-refractivity contribution in [1.82, 2.24) is 0 Å². The zero-order valence-corrected chi connectivity index (χ0v) is 15.0. The molecule has 0 aliphatic heterocycles. The third-order valence-corrected chi connectivity index (χ3v) is 4.89. The van der Waals surface area contributed by atoms with Crippen LogP contribution < -0.4 is 0 Å². The highest BCUT2D eigenvalue weighted by Gasteiger charge is 2.60. The van der Waals surface area contributed by atoms with Gasteiger partial charge >= 0.3 is 17.9 Å². The first-order valence-corrected chi connectivity index (χ1v) is 8.25. The Hall–Kier alpha value is -2.37. The number of rotatable bonds is 5. The van der Waals surface area contributed by atoms with Crippen molar-refractivity contribution in [2.45, 2.75) is 32.8 Å². The van der Waals surface area contributed by atoms with Crippen molar-refractivity contribution < 1.29 is 28.6 Å². The van der Waals surface area contributed by atoms with Crippen molar-refractivity contribution in [2.24, 2.45) is 17.3 Å². The maximum absolute atomic E-state index is 12.6. The number of hydrogen-bond acceptors (Lipinski definition) is 6. The molecular formula is C19H24O6. The summed E-state index contributed by atoms with van der Waals surface area (Å²) in [5.41, 5.74) is 0.0000241. The summed E-state index contributed by atoms with van der Waals surface area (Å²) in [6, 6.07) is 0. The smallest absolute Gasteiger partial charge is 0.327 e. The molecule has 0 saturated carbocycles. The average Bonchev–Trinajstić information content (AvgIpc) is 2.96. The van der Waals surface area contributed by atoms with Gasteiger partial charge in [0, 0.05) is 18.3 Å². The summed E-state index contributed by atoms with van der Waals surface area (Å²) >= 11 is 0. The molecule has 0 aromatic rings. The predicted molar refractivity (Wildman–Crippen MR) is 90.3 cm³/mol. The maximum Gasteiger partial charge on any atom is 0.327 e. The zero-order chi connectivity index (χ0) is 18.8.